The summed E-state index contributed by atoms with van der Waals surface area (Å²) in [6, 6.07) is 6.76. The van der Waals surface area contributed by atoms with Crippen molar-refractivity contribution < 1.29 is 13.9 Å². The van der Waals surface area contributed by atoms with Crippen LogP contribution >= 0.6 is 22.9 Å². The quantitative estimate of drug-likeness (QED) is 0.871. The lowest BCUT2D eigenvalue weighted by Crippen LogP contribution is -2.03. The van der Waals surface area contributed by atoms with Gasteiger partial charge in [-0.3, -0.25) is 0 Å². The number of thiazole rings is 1. The van der Waals surface area contributed by atoms with Gasteiger partial charge in [-0.05, 0) is 24.1 Å². The molecule has 2 aromatic rings. The number of aromatic nitrogens is 1. The first kappa shape index (κ1) is 14.3. The summed E-state index contributed by atoms with van der Waals surface area (Å²) in [5.74, 6) is -0.476. The Morgan fingerprint density at radius 1 is 1.57 bits per heavy atom. The van der Waals surface area contributed by atoms with E-state index in [0.717, 1.165) is 23.3 Å². The smallest absolute Gasteiger partial charge is 0.351 e. The number of rotatable bonds is 4. The maximum absolute atomic E-state index is 13.2. The van der Waals surface area contributed by atoms with Gasteiger partial charge in [-0.1, -0.05) is 35.1 Å². The summed E-state index contributed by atoms with van der Waals surface area (Å²) in [6.45, 7) is 0. The van der Waals surface area contributed by atoms with Crippen molar-refractivity contribution in [2.45, 2.75) is 18.4 Å². The zero-order valence-electron chi connectivity index (χ0n) is 11.1. The first-order chi connectivity index (χ1) is 10.1. The first-order valence-corrected chi connectivity index (χ1v) is 7.54. The van der Waals surface area contributed by atoms with Gasteiger partial charge < -0.3 is 10.1 Å². The minimum atomic E-state index is -0.497. The SMILES string of the molecule is COC(=O)c1sc(N[C@@H]2C[C@H]2c2cccc(F)c2)nc1Cl. The molecule has 1 aliphatic rings. The van der Waals surface area contributed by atoms with Crippen molar-refractivity contribution in [3.05, 3.63) is 45.7 Å². The van der Waals surface area contributed by atoms with E-state index in [9.17, 15) is 9.18 Å². The number of carbonyl (C=O) groups is 1. The van der Waals surface area contributed by atoms with E-state index >= 15 is 0 Å². The molecule has 1 heterocycles. The number of esters is 1. The molecule has 1 fully saturated rings. The number of nitrogens with one attached hydrogen (secondary N) is 1. The standard InChI is InChI=1S/C14H12ClFN2O2S/c1-20-13(19)11-12(15)18-14(21-11)17-10-6-9(10)7-3-2-4-8(16)5-7/h2-5,9-10H,6H2,1H3,(H,17,18)/t9-,10+/m0/s1. The minimum Gasteiger partial charge on any atom is -0.465 e. The average Bonchev–Trinajstić information content (AvgIpc) is 3.13. The van der Waals surface area contributed by atoms with Crippen LogP contribution in [0.4, 0.5) is 9.52 Å². The number of methoxy groups -OCH3 is 1. The van der Waals surface area contributed by atoms with Crippen molar-refractivity contribution >= 4 is 34.0 Å². The third-order valence-electron chi connectivity index (χ3n) is 3.33. The Hall–Kier alpha value is -1.66. The third-order valence-corrected chi connectivity index (χ3v) is 4.68. The second-order valence-corrected chi connectivity index (χ2v) is 6.14. The molecule has 21 heavy (non-hydrogen) atoms. The lowest BCUT2D eigenvalue weighted by Gasteiger charge is -2.02. The summed E-state index contributed by atoms with van der Waals surface area (Å²) in [7, 11) is 1.30. The van der Waals surface area contributed by atoms with Crippen molar-refractivity contribution in [1.29, 1.82) is 0 Å². The molecule has 1 saturated carbocycles. The van der Waals surface area contributed by atoms with Crippen LogP contribution in [0.2, 0.25) is 5.15 Å². The van der Waals surface area contributed by atoms with Gasteiger partial charge in [0.2, 0.25) is 0 Å². The fourth-order valence-corrected chi connectivity index (χ4v) is 3.37. The molecule has 3 rings (SSSR count). The highest BCUT2D eigenvalue weighted by atomic mass is 35.5. The zero-order chi connectivity index (χ0) is 15.0. The van der Waals surface area contributed by atoms with Gasteiger partial charge in [0.05, 0.1) is 7.11 Å². The van der Waals surface area contributed by atoms with Crippen molar-refractivity contribution in [2.75, 3.05) is 12.4 Å². The van der Waals surface area contributed by atoms with Gasteiger partial charge in [0.1, 0.15) is 5.82 Å². The molecule has 0 aliphatic heterocycles. The summed E-state index contributed by atoms with van der Waals surface area (Å²) < 4.78 is 17.8. The van der Waals surface area contributed by atoms with Gasteiger partial charge in [-0.15, -0.1) is 0 Å². The van der Waals surface area contributed by atoms with Crippen LogP contribution < -0.4 is 5.32 Å². The van der Waals surface area contributed by atoms with Crippen LogP contribution in [0.3, 0.4) is 0 Å². The Morgan fingerprint density at radius 2 is 2.38 bits per heavy atom. The molecule has 0 radical (unpaired) electrons. The van der Waals surface area contributed by atoms with Crippen molar-refractivity contribution in [1.82, 2.24) is 4.98 Å². The lowest BCUT2D eigenvalue weighted by atomic mass is 10.1. The Morgan fingerprint density at radius 3 is 3.10 bits per heavy atom. The topological polar surface area (TPSA) is 51.2 Å². The molecule has 4 nitrogen and oxygen atoms in total. The molecular weight excluding hydrogens is 315 g/mol. The van der Waals surface area contributed by atoms with Crippen molar-refractivity contribution in [3.63, 3.8) is 0 Å². The minimum absolute atomic E-state index is 0.136. The Balaban J connectivity index is 1.68. The average molecular weight is 327 g/mol. The number of hydrogen-bond donors (Lipinski definition) is 1. The van der Waals surface area contributed by atoms with E-state index in [0.29, 0.717) is 5.13 Å². The zero-order valence-corrected chi connectivity index (χ0v) is 12.7. The fourth-order valence-electron chi connectivity index (χ4n) is 2.20. The molecule has 1 N–H and O–H groups in total. The van der Waals surface area contributed by atoms with Crippen LogP contribution in [0, 0.1) is 5.82 Å². The first-order valence-electron chi connectivity index (χ1n) is 6.35. The van der Waals surface area contributed by atoms with Crippen LogP contribution in [-0.4, -0.2) is 24.1 Å². The second-order valence-electron chi connectivity index (χ2n) is 4.78. The number of nitrogens with zero attached hydrogens (tertiary/aromatic N) is 1. The third kappa shape index (κ3) is 3.01. The number of ether oxygens (including phenoxy) is 1. The van der Waals surface area contributed by atoms with E-state index < -0.39 is 5.97 Å². The highest BCUT2D eigenvalue weighted by Crippen LogP contribution is 2.43. The molecule has 110 valence electrons. The monoisotopic (exact) mass is 326 g/mol. The number of hydrogen-bond acceptors (Lipinski definition) is 5. The predicted octanol–water partition coefficient (Wildman–Crippen LogP) is 3.69. The van der Waals surface area contributed by atoms with E-state index in [1.54, 1.807) is 12.1 Å². The van der Waals surface area contributed by atoms with Crippen LogP contribution in [-0.2, 0) is 4.74 Å². The molecule has 0 spiro atoms. The molecule has 1 aromatic heterocycles. The predicted molar refractivity (Wildman–Crippen MR) is 79.6 cm³/mol. The van der Waals surface area contributed by atoms with E-state index in [2.05, 4.69) is 15.0 Å². The lowest BCUT2D eigenvalue weighted by molar-refractivity contribution is 0.0606. The second kappa shape index (κ2) is 5.61. The van der Waals surface area contributed by atoms with Gasteiger partial charge in [0, 0.05) is 12.0 Å². The van der Waals surface area contributed by atoms with E-state index in [1.165, 1.54) is 13.2 Å². The molecule has 0 bridgehead atoms. The molecule has 0 amide bonds. The van der Waals surface area contributed by atoms with Crippen molar-refractivity contribution in [3.8, 4) is 0 Å². The van der Waals surface area contributed by atoms with E-state index in [-0.39, 0.29) is 27.8 Å². The molecule has 0 unspecified atom stereocenters. The van der Waals surface area contributed by atoms with Gasteiger partial charge in [0.15, 0.2) is 15.2 Å². The van der Waals surface area contributed by atoms with E-state index in [1.807, 2.05) is 6.07 Å². The number of carbonyl (C=O) groups excluding carboxylic acids is 1. The number of halogens is 2. The van der Waals surface area contributed by atoms with Gasteiger partial charge in [-0.2, -0.15) is 0 Å². The molecule has 0 saturated heterocycles. The Kier molecular flexibility index (Phi) is 3.82. The molecular formula is C14H12ClFN2O2S. The number of benzene rings is 1. The maximum Gasteiger partial charge on any atom is 0.351 e. The van der Waals surface area contributed by atoms with Crippen LogP contribution in [0.1, 0.15) is 27.6 Å². The van der Waals surface area contributed by atoms with Gasteiger partial charge >= 0.3 is 5.97 Å². The highest BCUT2D eigenvalue weighted by molar-refractivity contribution is 7.18. The maximum atomic E-state index is 13.2. The van der Waals surface area contributed by atoms with Crippen molar-refractivity contribution in [2.24, 2.45) is 0 Å². The van der Waals surface area contributed by atoms with E-state index in [4.69, 9.17) is 11.6 Å². The summed E-state index contributed by atoms with van der Waals surface area (Å²) in [5.41, 5.74) is 0.961. The number of anilines is 1. The van der Waals surface area contributed by atoms with Crippen LogP contribution in [0.5, 0.6) is 0 Å². The molecule has 2 atom stereocenters. The summed E-state index contributed by atoms with van der Waals surface area (Å²) in [6.07, 6.45) is 0.897. The largest absolute Gasteiger partial charge is 0.465 e. The van der Waals surface area contributed by atoms with Crippen LogP contribution in [0.15, 0.2) is 24.3 Å². The highest BCUT2D eigenvalue weighted by Gasteiger charge is 2.39. The van der Waals surface area contributed by atoms with Crippen LogP contribution in [0.25, 0.3) is 0 Å². The summed E-state index contributed by atoms with van der Waals surface area (Å²) in [4.78, 5) is 15.9. The normalized spacial score (nSPS) is 20.1. The summed E-state index contributed by atoms with van der Waals surface area (Å²) >= 11 is 7.06. The molecule has 7 heteroatoms. The van der Waals surface area contributed by atoms with Gasteiger partial charge in [-0.25, -0.2) is 14.2 Å². The molecule has 1 aliphatic carbocycles. The fraction of sp³-hybridized carbons (Fsp3) is 0.286. The Bertz CT molecular complexity index is 691. The summed E-state index contributed by atoms with van der Waals surface area (Å²) in [5, 5.41) is 3.93. The molecule has 1 aromatic carbocycles. The Labute approximate surface area is 129 Å². The van der Waals surface area contributed by atoms with Gasteiger partial charge in [0.25, 0.3) is 0 Å².